The number of amides is 1. The molecule has 1 amide bonds. The van der Waals surface area contributed by atoms with E-state index < -0.39 is 6.10 Å². The van der Waals surface area contributed by atoms with Crippen molar-refractivity contribution < 1.29 is 23.4 Å². The van der Waals surface area contributed by atoms with Crippen molar-refractivity contribution in [2.75, 3.05) is 13.8 Å². The molecule has 0 spiro atoms. The molecule has 0 saturated heterocycles. The molecule has 1 unspecified atom stereocenters. The number of hydrogen-bond acceptors (Lipinski definition) is 4. The zero-order valence-corrected chi connectivity index (χ0v) is 15.4. The third-order valence-corrected chi connectivity index (χ3v) is 4.40. The first-order valence-corrected chi connectivity index (χ1v) is 8.48. The third kappa shape index (κ3) is 4.04. The van der Waals surface area contributed by atoms with E-state index in [0.29, 0.717) is 28.3 Å². The Balaban J connectivity index is 1.63. The number of likely N-dealkylation sites (N-methyl/N-ethyl adjacent to an activating group) is 1. The van der Waals surface area contributed by atoms with Gasteiger partial charge in [0.25, 0.3) is 5.91 Å². The molecule has 0 fully saturated rings. The Hall–Kier alpha value is -2.28. The summed E-state index contributed by atoms with van der Waals surface area (Å²) in [7, 11) is 1.70. The van der Waals surface area contributed by atoms with Crippen molar-refractivity contribution >= 4 is 21.8 Å². The van der Waals surface area contributed by atoms with E-state index in [1.165, 1.54) is 18.2 Å². The fourth-order valence-corrected chi connectivity index (χ4v) is 2.96. The lowest BCUT2D eigenvalue weighted by Crippen LogP contribution is -2.37. The van der Waals surface area contributed by atoms with Gasteiger partial charge < -0.3 is 19.1 Å². The highest BCUT2D eigenvalue weighted by atomic mass is 79.9. The second-order valence-corrected chi connectivity index (χ2v) is 6.57. The van der Waals surface area contributed by atoms with Crippen LogP contribution in [0.3, 0.4) is 0 Å². The van der Waals surface area contributed by atoms with Crippen molar-refractivity contribution in [3.63, 3.8) is 0 Å². The molecular formula is C18H17BrFNO4. The number of rotatable bonds is 5. The normalized spacial score (nSPS) is 13.4. The topological polar surface area (TPSA) is 48.0 Å². The molecule has 1 aliphatic heterocycles. The lowest BCUT2D eigenvalue weighted by molar-refractivity contribution is -0.137. The first-order chi connectivity index (χ1) is 11.9. The van der Waals surface area contributed by atoms with Crippen molar-refractivity contribution in [3.8, 4) is 17.2 Å². The summed E-state index contributed by atoms with van der Waals surface area (Å²) in [6.07, 6.45) is -0.708. The highest BCUT2D eigenvalue weighted by Gasteiger charge is 2.21. The summed E-state index contributed by atoms with van der Waals surface area (Å²) in [6, 6.07) is 9.64. The van der Waals surface area contributed by atoms with Crippen LogP contribution < -0.4 is 14.2 Å². The van der Waals surface area contributed by atoms with Gasteiger partial charge >= 0.3 is 0 Å². The molecule has 5 nitrogen and oxygen atoms in total. The molecule has 0 N–H and O–H groups in total. The van der Waals surface area contributed by atoms with E-state index in [0.717, 1.165) is 5.56 Å². The zero-order chi connectivity index (χ0) is 18.0. The van der Waals surface area contributed by atoms with Crippen LogP contribution in [-0.4, -0.2) is 30.8 Å². The first-order valence-electron chi connectivity index (χ1n) is 7.69. The van der Waals surface area contributed by atoms with E-state index in [9.17, 15) is 9.18 Å². The van der Waals surface area contributed by atoms with E-state index in [2.05, 4.69) is 15.9 Å². The van der Waals surface area contributed by atoms with Gasteiger partial charge in [-0.2, -0.15) is 0 Å². The number of nitrogens with zero attached hydrogens (tertiary/aromatic N) is 1. The lowest BCUT2D eigenvalue weighted by Gasteiger charge is -2.22. The molecule has 1 heterocycles. The van der Waals surface area contributed by atoms with Crippen LogP contribution in [0.25, 0.3) is 0 Å². The SMILES string of the molecule is CC(Oc1ccc(F)cc1Br)C(=O)N(C)Cc1ccc2c(c1)OCO2. The average Bonchev–Trinajstić information content (AvgIpc) is 3.04. The number of fused-ring (bicyclic) bond motifs is 1. The van der Waals surface area contributed by atoms with Crippen LogP contribution in [0.2, 0.25) is 0 Å². The monoisotopic (exact) mass is 409 g/mol. The van der Waals surface area contributed by atoms with Crippen molar-refractivity contribution in [1.82, 2.24) is 4.90 Å². The summed E-state index contributed by atoms with van der Waals surface area (Å²) >= 11 is 3.23. The predicted octanol–water partition coefficient (Wildman–Crippen LogP) is 3.74. The highest BCUT2D eigenvalue weighted by molar-refractivity contribution is 9.10. The largest absolute Gasteiger partial charge is 0.480 e. The second-order valence-electron chi connectivity index (χ2n) is 5.72. The van der Waals surface area contributed by atoms with Crippen LogP contribution in [0.15, 0.2) is 40.9 Å². The fourth-order valence-electron chi connectivity index (χ4n) is 2.51. The minimum atomic E-state index is -0.708. The van der Waals surface area contributed by atoms with Gasteiger partial charge in [-0.1, -0.05) is 6.07 Å². The molecular weight excluding hydrogens is 393 g/mol. The minimum absolute atomic E-state index is 0.186. The van der Waals surface area contributed by atoms with Crippen molar-refractivity contribution in [3.05, 3.63) is 52.3 Å². The van der Waals surface area contributed by atoms with Crippen LogP contribution >= 0.6 is 15.9 Å². The average molecular weight is 410 g/mol. The molecule has 0 bridgehead atoms. The van der Waals surface area contributed by atoms with Gasteiger partial charge in [-0.05, 0) is 58.7 Å². The van der Waals surface area contributed by atoms with Gasteiger partial charge in [0.15, 0.2) is 17.6 Å². The smallest absolute Gasteiger partial charge is 0.263 e. The highest BCUT2D eigenvalue weighted by Crippen LogP contribution is 2.33. The maximum absolute atomic E-state index is 13.1. The Morgan fingerprint density at radius 3 is 2.80 bits per heavy atom. The van der Waals surface area contributed by atoms with E-state index >= 15 is 0 Å². The van der Waals surface area contributed by atoms with Gasteiger partial charge in [-0.25, -0.2) is 4.39 Å². The van der Waals surface area contributed by atoms with Crippen molar-refractivity contribution in [1.29, 1.82) is 0 Å². The van der Waals surface area contributed by atoms with Crippen LogP contribution in [0.4, 0.5) is 4.39 Å². The summed E-state index contributed by atoms with van der Waals surface area (Å²) in [5.41, 5.74) is 0.926. The van der Waals surface area contributed by atoms with E-state index in [1.54, 1.807) is 18.9 Å². The molecule has 0 aromatic heterocycles. The molecule has 25 heavy (non-hydrogen) atoms. The third-order valence-electron chi connectivity index (χ3n) is 3.78. The molecule has 132 valence electrons. The number of carbonyl (C=O) groups is 1. The molecule has 2 aromatic carbocycles. The van der Waals surface area contributed by atoms with Gasteiger partial charge in [0.1, 0.15) is 11.6 Å². The van der Waals surface area contributed by atoms with Crippen LogP contribution in [-0.2, 0) is 11.3 Å². The minimum Gasteiger partial charge on any atom is -0.480 e. The van der Waals surface area contributed by atoms with Crippen LogP contribution in [0.5, 0.6) is 17.2 Å². The molecule has 2 aromatic rings. The van der Waals surface area contributed by atoms with Gasteiger partial charge in [0.05, 0.1) is 4.47 Å². The van der Waals surface area contributed by atoms with Crippen molar-refractivity contribution in [2.24, 2.45) is 0 Å². The van der Waals surface area contributed by atoms with Crippen LogP contribution in [0, 0.1) is 5.82 Å². The number of benzene rings is 2. The van der Waals surface area contributed by atoms with Crippen molar-refractivity contribution in [2.45, 2.75) is 19.6 Å². The van der Waals surface area contributed by atoms with Crippen LogP contribution in [0.1, 0.15) is 12.5 Å². The van der Waals surface area contributed by atoms with E-state index in [1.807, 2.05) is 18.2 Å². The fraction of sp³-hybridized carbons (Fsp3) is 0.278. The summed E-state index contributed by atoms with van der Waals surface area (Å²) in [5.74, 6) is 1.24. The Kier molecular flexibility index (Phi) is 5.13. The lowest BCUT2D eigenvalue weighted by atomic mass is 10.2. The molecule has 1 aliphatic rings. The zero-order valence-electron chi connectivity index (χ0n) is 13.8. The first kappa shape index (κ1) is 17.5. The Bertz CT molecular complexity index is 799. The van der Waals surface area contributed by atoms with E-state index in [-0.39, 0.29) is 18.5 Å². The number of ether oxygens (including phenoxy) is 3. The van der Waals surface area contributed by atoms with Gasteiger partial charge in [0.2, 0.25) is 6.79 Å². The Labute approximate surface area is 153 Å². The summed E-state index contributed by atoms with van der Waals surface area (Å²) in [6.45, 7) is 2.28. The van der Waals surface area contributed by atoms with E-state index in [4.69, 9.17) is 14.2 Å². The summed E-state index contributed by atoms with van der Waals surface area (Å²) in [5, 5.41) is 0. The second kappa shape index (κ2) is 7.31. The molecule has 3 rings (SSSR count). The molecule has 0 aliphatic carbocycles. The number of halogens is 2. The standard InChI is InChI=1S/C18H17BrFNO4/c1-11(25-15-6-4-13(20)8-14(15)19)18(22)21(2)9-12-3-5-16-17(7-12)24-10-23-16/h3-8,11H,9-10H2,1-2H3. The Morgan fingerprint density at radius 1 is 1.28 bits per heavy atom. The summed E-state index contributed by atoms with van der Waals surface area (Å²) in [4.78, 5) is 14.1. The predicted molar refractivity (Wildman–Crippen MR) is 93.2 cm³/mol. The van der Waals surface area contributed by atoms with Gasteiger partial charge in [0, 0.05) is 13.6 Å². The van der Waals surface area contributed by atoms with Gasteiger partial charge in [-0.3, -0.25) is 4.79 Å². The number of carbonyl (C=O) groups excluding carboxylic acids is 1. The maximum Gasteiger partial charge on any atom is 0.263 e. The maximum atomic E-state index is 13.1. The number of hydrogen-bond donors (Lipinski definition) is 0. The quantitative estimate of drug-likeness (QED) is 0.754. The molecule has 1 atom stereocenters. The van der Waals surface area contributed by atoms with Gasteiger partial charge in [-0.15, -0.1) is 0 Å². The summed E-state index contributed by atoms with van der Waals surface area (Å²) < 4.78 is 29.9. The molecule has 0 radical (unpaired) electrons. The Morgan fingerprint density at radius 2 is 2.04 bits per heavy atom. The molecule has 7 heteroatoms. The molecule has 0 saturated carbocycles.